The van der Waals surface area contributed by atoms with Gasteiger partial charge in [-0.2, -0.15) is 0 Å². The van der Waals surface area contributed by atoms with Crippen LogP contribution in [-0.2, 0) is 11.2 Å². The molecule has 1 aliphatic heterocycles. The Morgan fingerprint density at radius 3 is 2.88 bits per heavy atom. The number of nitrogens with zero attached hydrogens (tertiary/aromatic N) is 1. The van der Waals surface area contributed by atoms with E-state index in [9.17, 15) is 4.79 Å². The highest BCUT2D eigenvalue weighted by molar-refractivity contribution is 5.73. The summed E-state index contributed by atoms with van der Waals surface area (Å²) < 4.78 is 0. The topological polar surface area (TPSA) is 32.3 Å². The molecule has 1 aliphatic rings. The highest BCUT2D eigenvalue weighted by Gasteiger charge is 2.32. The molecular formula is C14H20N2O. The number of benzene rings is 1. The average Bonchev–Trinajstić information content (AvgIpc) is 2.62. The van der Waals surface area contributed by atoms with Crippen molar-refractivity contribution >= 4 is 12.1 Å². The molecule has 0 saturated carbocycles. The third-order valence-electron chi connectivity index (χ3n) is 3.60. The Labute approximate surface area is 103 Å². The third kappa shape index (κ3) is 2.86. The summed E-state index contributed by atoms with van der Waals surface area (Å²) in [4.78, 5) is 12.9. The molecular weight excluding hydrogens is 212 g/mol. The normalized spacial score (nSPS) is 24.8. The Morgan fingerprint density at radius 1 is 1.47 bits per heavy atom. The van der Waals surface area contributed by atoms with Crippen LogP contribution in [-0.4, -0.2) is 31.4 Å². The molecule has 0 aromatic heterocycles. The van der Waals surface area contributed by atoms with Gasteiger partial charge in [-0.15, -0.1) is 0 Å². The maximum atomic E-state index is 10.6. The summed E-state index contributed by atoms with van der Waals surface area (Å²) in [6.07, 6.45) is 3.00. The lowest BCUT2D eigenvalue weighted by molar-refractivity contribution is -0.105. The largest absolute Gasteiger partial charge is 0.328 e. The smallest absolute Gasteiger partial charge is 0.211 e. The van der Waals surface area contributed by atoms with Crippen molar-refractivity contribution in [2.24, 2.45) is 5.41 Å². The number of carbonyl (C=O) groups is 1. The van der Waals surface area contributed by atoms with Gasteiger partial charge in [0.25, 0.3) is 0 Å². The van der Waals surface area contributed by atoms with Crippen molar-refractivity contribution in [3.8, 4) is 0 Å². The molecule has 0 radical (unpaired) electrons. The maximum Gasteiger partial charge on any atom is 0.211 e. The highest BCUT2D eigenvalue weighted by Crippen LogP contribution is 2.34. The number of hydrogen-bond acceptors (Lipinski definition) is 2. The Balaban J connectivity index is 2.15. The van der Waals surface area contributed by atoms with Gasteiger partial charge in [0.2, 0.25) is 6.41 Å². The van der Waals surface area contributed by atoms with Crippen LogP contribution >= 0.6 is 0 Å². The molecule has 1 saturated heterocycles. The van der Waals surface area contributed by atoms with Gasteiger partial charge in [0.05, 0.1) is 0 Å². The number of anilines is 1. The van der Waals surface area contributed by atoms with E-state index in [-0.39, 0.29) is 0 Å². The Hall–Kier alpha value is -1.35. The first-order valence-electron chi connectivity index (χ1n) is 6.10. The number of likely N-dealkylation sites (tertiary alicyclic amines) is 1. The van der Waals surface area contributed by atoms with Crippen LogP contribution in [0.4, 0.5) is 5.69 Å². The van der Waals surface area contributed by atoms with Crippen LogP contribution in [0.2, 0.25) is 0 Å². The van der Waals surface area contributed by atoms with E-state index in [2.05, 4.69) is 30.3 Å². The Morgan fingerprint density at radius 2 is 2.24 bits per heavy atom. The SMILES string of the molecule is CN1CCC(C)(Cc2ccccc2NC=O)C1. The summed E-state index contributed by atoms with van der Waals surface area (Å²) in [5.74, 6) is 0. The van der Waals surface area contributed by atoms with E-state index in [1.807, 2.05) is 18.2 Å². The molecule has 1 aromatic rings. The molecule has 2 rings (SSSR count). The van der Waals surface area contributed by atoms with Gasteiger partial charge in [-0.25, -0.2) is 0 Å². The zero-order chi connectivity index (χ0) is 12.3. The summed E-state index contributed by atoms with van der Waals surface area (Å²) in [6.45, 7) is 4.62. The summed E-state index contributed by atoms with van der Waals surface area (Å²) in [6, 6.07) is 8.06. The molecule has 1 heterocycles. The molecule has 3 nitrogen and oxygen atoms in total. The second kappa shape index (κ2) is 4.88. The number of hydrogen-bond donors (Lipinski definition) is 1. The summed E-state index contributed by atoms with van der Waals surface area (Å²) in [5.41, 5.74) is 2.51. The van der Waals surface area contributed by atoms with E-state index in [4.69, 9.17) is 0 Å². The second-order valence-corrected chi connectivity index (χ2v) is 5.39. The van der Waals surface area contributed by atoms with Gasteiger partial charge in [0.1, 0.15) is 0 Å². The van der Waals surface area contributed by atoms with Crippen LogP contribution in [0.1, 0.15) is 18.9 Å². The lowest BCUT2D eigenvalue weighted by Crippen LogP contribution is -2.24. The zero-order valence-electron chi connectivity index (χ0n) is 10.6. The number of nitrogens with one attached hydrogen (secondary N) is 1. The van der Waals surface area contributed by atoms with E-state index in [1.54, 1.807) is 0 Å². The fraction of sp³-hybridized carbons (Fsp3) is 0.500. The fourth-order valence-electron chi connectivity index (χ4n) is 2.75. The first-order valence-corrected chi connectivity index (χ1v) is 6.10. The molecule has 1 N–H and O–H groups in total. The van der Waals surface area contributed by atoms with E-state index < -0.39 is 0 Å². The number of rotatable bonds is 4. The lowest BCUT2D eigenvalue weighted by Gasteiger charge is -2.25. The van der Waals surface area contributed by atoms with E-state index in [0.29, 0.717) is 5.41 Å². The minimum absolute atomic E-state index is 0.329. The van der Waals surface area contributed by atoms with Crippen LogP contribution in [0.3, 0.4) is 0 Å². The average molecular weight is 232 g/mol. The molecule has 17 heavy (non-hydrogen) atoms. The van der Waals surface area contributed by atoms with Crippen LogP contribution in [0.15, 0.2) is 24.3 Å². The van der Waals surface area contributed by atoms with Gasteiger partial charge < -0.3 is 10.2 Å². The molecule has 1 amide bonds. The van der Waals surface area contributed by atoms with Gasteiger partial charge in [0.15, 0.2) is 0 Å². The van der Waals surface area contributed by atoms with Crippen molar-refractivity contribution in [3.05, 3.63) is 29.8 Å². The standard InChI is InChI=1S/C14H20N2O/c1-14(7-8-16(2)10-14)9-12-5-3-4-6-13(12)15-11-17/h3-6,11H,7-10H2,1-2H3,(H,15,17). The van der Waals surface area contributed by atoms with Crippen molar-refractivity contribution in [3.63, 3.8) is 0 Å². The fourth-order valence-corrected chi connectivity index (χ4v) is 2.75. The molecule has 1 fully saturated rings. The molecule has 1 aromatic carbocycles. The number of carbonyl (C=O) groups excluding carboxylic acids is 1. The highest BCUT2D eigenvalue weighted by atomic mass is 16.1. The Kier molecular flexibility index (Phi) is 3.48. The van der Waals surface area contributed by atoms with Gasteiger partial charge >= 0.3 is 0 Å². The molecule has 3 heteroatoms. The molecule has 0 aliphatic carbocycles. The van der Waals surface area contributed by atoms with Crippen molar-refractivity contribution in [2.45, 2.75) is 19.8 Å². The summed E-state index contributed by atoms with van der Waals surface area (Å²) in [7, 11) is 2.17. The molecule has 92 valence electrons. The monoisotopic (exact) mass is 232 g/mol. The third-order valence-corrected chi connectivity index (χ3v) is 3.60. The van der Waals surface area contributed by atoms with Crippen LogP contribution in [0, 0.1) is 5.41 Å². The van der Waals surface area contributed by atoms with Crippen molar-refractivity contribution in [1.82, 2.24) is 4.90 Å². The first-order chi connectivity index (χ1) is 8.13. The van der Waals surface area contributed by atoms with E-state index >= 15 is 0 Å². The van der Waals surface area contributed by atoms with Crippen molar-refractivity contribution < 1.29 is 4.79 Å². The van der Waals surface area contributed by atoms with Crippen molar-refractivity contribution in [2.75, 3.05) is 25.5 Å². The first kappa shape index (κ1) is 12.1. The van der Waals surface area contributed by atoms with Crippen LogP contribution in [0.25, 0.3) is 0 Å². The Bertz CT molecular complexity index is 405. The van der Waals surface area contributed by atoms with E-state index in [1.165, 1.54) is 18.5 Å². The van der Waals surface area contributed by atoms with Gasteiger partial charge in [-0.1, -0.05) is 25.1 Å². The predicted octanol–water partition coefficient (Wildman–Crippen LogP) is 2.14. The van der Waals surface area contributed by atoms with Crippen molar-refractivity contribution in [1.29, 1.82) is 0 Å². The summed E-state index contributed by atoms with van der Waals surface area (Å²) in [5, 5.41) is 2.78. The maximum absolute atomic E-state index is 10.6. The van der Waals surface area contributed by atoms with Gasteiger partial charge in [0, 0.05) is 12.2 Å². The van der Waals surface area contributed by atoms with Crippen LogP contribution in [0.5, 0.6) is 0 Å². The molecule has 1 unspecified atom stereocenters. The molecule has 0 spiro atoms. The minimum Gasteiger partial charge on any atom is -0.328 e. The number of para-hydroxylation sites is 1. The quantitative estimate of drug-likeness (QED) is 0.807. The van der Waals surface area contributed by atoms with Crippen LogP contribution < -0.4 is 5.32 Å². The predicted molar refractivity (Wildman–Crippen MR) is 70.1 cm³/mol. The molecule has 1 atom stereocenters. The zero-order valence-corrected chi connectivity index (χ0v) is 10.6. The molecule has 0 bridgehead atoms. The lowest BCUT2D eigenvalue weighted by atomic mass is 9.82. The second-order valence-electron chi connectivity index (χ2n) is 5.39. The van der Waals surface area contributed by atoms with Gasteiger partial charge in [-0.3, -0.25) is 4.79 Å². The van der Waals surface area contributed by atoms with E-state index in [0.717, 1.165) is 25.1 Å². The number of amides is 1. The summed E-state index contributed by atoms with van der Waals surface area (Å²) >= 11 is 0. The minimum atomic E-state index is 0.329. The van der Waals surface area contributed by atoms with Gasteiger partial charge in [-0.05, 0) is 43.5 Å².